The average molecular weight is 538 g/mol. The van der Waals surface area contributed by atoms with Crippen molar-refractivity contribution in [3.05, 3.63) is 58.6 Å². The van der Waals surface area contributed by atoms with Crippen LogP contribution in [0.1, 0.15) is 38.3 Å². The fraction of sp³-hybridized carbons (Fsp3) is 0.462. The smallest absolute Gasteiger partial charge is 0.244 e. The fourth-order valence-corrected chi connectivity index (χ4v) is 4.82. The third kappa shape index (κ3) is 8.13. The average Bonchev–Trinajstić information content (AvgIpc) is 2.82. The summed E-state index contributed by atoms with van der Waals surface area (Å²) in [4.78, 5) is 28.3. The minimum absolute atomic E-state index is 0.107. The molecule has 0 aliphatic carbocycles. The lowest BCUT2D eigenvalue weighted by Gasteiger charge is -2.33. The first-order valence-corrected chi connectivity index (χ1v) is 14.0. The van der Waals surface area contributed by atoms with E-state index in [1.54, 1.807) is 44.4 Å². The summed E-state index contributed by atoms with van der Waals surface area (Å²) < 4.78 is 31.9. The molecule has 0 aliphatic rings. The maximum absolute atomic E-state index is 13.7. The summed E-state index contributed by atoms with van der Waals surface area (Å²) in [6.45, 7) is 7.63. The maximum Gasteiger partial charge on any atom is 0.244 e. The van der Waals surface area contributed by atoms with Crippen molar-refractivity contribution in [1.82, 2.24) is 10.2 Å². The van der Waals surface area contributed by atoms with E-state index in [1.165, 1.54) is 11.0 Å². The molecular weight excluding hydrogens is 502 g/mol. The molecule has 1 atom stereocenters. The van der Waals surface area contributed by atoms with Crippen molar-refractivity contribution >= 4 is 39.1 Å². The molecule has 2 aromatic carbocycles. The van der Waals surface area contributed by atoms with Crippen LogP contribution in [0.5, 0.6) is 5.75 Å². The van der Waals surface area contributed by atoms with Gasteiger partial charge in [-0.1, -0.05) is 50.6 Å². The van der Waals surface area contributed by atoms with Crippen LogP contribution in [0.2, 0.25) is 5.02 Å². The molecule has 0 spiro atoms. The first-order valence-electron chi connectivity index (χ1n) is 11.8. The van der Waals surface area contributed by atoms with Gasteiger partial charge in [-0.15, -0.1) is 0 Å². The number of nitrogens with zero attached hydrogens (tertiary/aromatic N) is 2. The topological polar surface area (TPSA) is 96.0 Å². The number of hydrogen-bond acceptors (Lipinski definition) is 5. The first-order chi connectivity index (χ1) is 16.9. The number of aryl methyl sites for hydroxylation is 1. The van der Waals surface area contributed by atoms with Gasteiger partial charge in [0, 0.05) is 18.1 Å². The number of ether oxygens (including phenoxy) is 1. The van der Waals surface area contributed by atoms with E-state index in [-0.39, 0.29) is 18.4 Å². The van der Waals surface area contributed by atoms with Crippen LogP contribution in [0, 0.1) is 12.8 Å². The summed E-state index contributed by atoms with van der Waals surface area (Å²) in [6, 6.07) is 11.3. The van der Waals surface area contributed by atoms with Crippen LogP contribution < -0.4 is 14.4 Å². The van der Waals surface area contributed by atoms with Crippen LogP contribution in [0.3, 0.4) is 0 Å². The molecule has 0 aliphatic heterocycles. The molecule has 2 aromatic rings. The Morgan fingerprint density at radius 2 is 1.83 bits per heavy atom. The number of carbonyl (C=O) groups is 2. The maximum atomic E-state index is 13.7. The van der Waals surface area contributed by atoms with E-state index >= 15 is 0 Å². The number of carbonyl (C=O) groups excluding carboxylic acids is 2. The Morgan fingerprint density at radius 1 is 1.14 bits per heavy atom. The Morgan fingerprint density at radius 3 is 2.42 bits per heavy atom. The van der Waals surface area contributed by atoms with Crippen molar-refractivity contribution in [2.75, 3.05) is 30.8 Å². The highest BCUT2D eigenvalue weighted by Gasteiger charge is 2.32. The molecule has 36 heavy (non-hydrogen) atoms. The molecule has 2 amide bonds. The molecule has 8 nitrogen and oxygen atoms in total. The Hall–Kier alpha value is -2.78. The molecule has 0 radical (unpaired) electrons. The van der Waals surface area contributed by atoms with E-state index in [1.807, 2.05) is 26.8 Å². The van der Waals surface area contributed by atoms with Crippen molar-refractivity contribution in [2.24, 2.45) is 5.92 Å². The highest BCUT2D eigenvalue weighted by Crippen LogP contribution is 2.27. The summed E-state index contributed by atoms with van der Waals surface area (Å²) >= 11 is 6.14. The van der Waals surface area contributed by atoms with Crippen molar-refractivity contribution in [3.63, 3.8) is 0 Å². The zero-order chi connectivity index (χ0) is 27.0. The van der Waals surface area contributed by atoms with Crippen LogP contribution in [-0.2, 0) is 26.2 Å². The van der Waals surface area contributed by atoms with Crippen LogP contribution in [0.25, 0.3) is 0 Å². The van der Waals surface area contributed by atoms with Gasteiger partial charge < -0.3 is 15.0 Å². The molecule has 0 bridgehead atoms. The summed E-state index contributed by atoms with van der Waals surface area (Å²) in [5.41, 5.74) is 1.72. The third-order valence-electron chi connectivity index (χ3n) is 5.68. The van der Waals surface area contributed by atoms with Crippen molar-refractivity contribution in [1.29, 1.82) is 0 Å². The lowest BCUT2D eigenvalue weighted by atomic mass is 10.1. The van der Waals surface area contributed by atoms with Gasteiger partial charge in [0.2, 0.25) is 21.8 Å². The molecule has 0 fully saturated rings. The molecule has 10 heteroatoms. The Kier molecular flexibility index (Phi) is 10.6. The number of rotatable bonds is 12. The van der Waals surface area contributed by atoms with E-state index in [0.29, 0.717) is 35.0 Å². The van der Waals surface area contributed by atoms with Crippen molar-refractivity contribution in [3.8, 4) is 5.75 Å². The second kappa shape index (κ2) is 13.0. The van der Waals surface area contributed by atoms with Crippen LogP contribution in [-0.4, -0.2) is 57.6 Å². The largest absolute Gasteiger partial charge is 0.497 e. The normalized spacial score (nSPS) is 12.2. The molecule has 0 saturated carbocycles. The van der Waals surface area contributed by atoms with Gasteiger partial charge in [0.1, 0.15) is 18.3 Å². The summed E-state index contributed by atoms with van der Waals surface area (Å²) in [7, 11) is -2.29. The van der Waals surface area contributed by atoms with Gasteiger partial charge in [0.25, 0.3) is 0 Å². The lowest BCUT2D eigenvalue weighted by molar-refractivity contribution is -0.140. The van der Waals surface area contributed by atoms with Crippen LogP contribution in [0.4, 0.5) is 5.69 Å². The van der Waals surface area contributed by atoms with Crippen molar-refractivity contribution < 1.29 is 22.7 Å². The number of halogens is 1. The lowest BCUT2D eigenvalue weighted by Crippen LogP contribution is -2.52. The van der Waals surface area contributed by atoms with Gasteiger partial charge in [-0.3, -0.25) is 13.9 Å². The summed E-state index contributed by atoms with van der Waals surface area (Å²) in [6.07, 6.45) is 1.40. The third-order valence-corrected chi connectivity index (χ3v) is 7.04. The van der Waals surface area contributed by atoms with Crippen LogP contribution >= 0.6 is 11.6 Å². The predicted molar refractivity (Wildman–Crippen MR) is 144 cm³/mol. The van der Waals surface area contributed by atoms with E-state index in [9.17, 15) is 18.0 Å². The van der Waals surface area contributed by atoms with Gasteiger partial charge >= 0.3 is 0 Å². The summed E-state index contributed by atoms with van der Waals surface area (Å²) in [5.74, 6) is 0.0616. The molecule has 0 unspecified atom stereocenters. The monoisotopic (exact) mass is 537 g/mol. The highest BCUT2D eigenvalue weighted by atomic mass is 35.5. The Bertz CT molecular complexity index is 1170. The quantitative estimate of drug-likeness (QED) is 0.441. The standard InChI is InChI=1S/C26H36ClN3O5S/c1-7-23(26(32)28-15-18(2)3)29(16-20-9-8-10-22(13-20)35-5)25(31)17-30(36(6,33)34)24-14-21(27)12-11-19(24)4/h8-14,18,23H,7,15-17H2,1-6H3,(H,28,32)/t23-/m1/s1. The number of nitrogens with one attached hydrogen (secondary N) is 1. The number of amides is 2. The first kappa shape index (κ1) is 29.5. The molecule has 1 N–H and O–H groups in total. The SMILES string of the molecule is CC[C@H](C(=O)NCC(C)C)N(Cc1cccc(OC)c1)C(=O)CN(c1cc(Cl)ccc1C)S(C)(=O)=O. The van der Waals surface area contributed by atoms with Gasteiger partial charge in [0.15, 0.2) is 0 Å². The van der Waals surface area contributed by atoms with E-state index in [0.717, 1.165) is 16.1 Å². The minimum atomic E-state index is -3.84. The molecule has 0 heterocycles. The van der Waals surface area contributed by atoms with E-state index in [2.05, 4.69) is 5.32 Å². The second-order valence-corrected chi connectivity index (χ2v) is 11.5. The summed E-state index contributed by atoms with van der Waals surface area (Å²) in [5, 5.41) is 3.25. The van der Waals surface area contributed by atoms with Gasteiger partial charge in [-0.25, -0.2) is 8.42 Å². The fourth-order valence-electron chi connectivity index (χ4n) is 3.76. The zero-order valence-electron chi connectivity index (χ0n) is 21.7. The van der Waals surface area contributed by atoms with Crippen molar-refractivity contribution in [2.45, 2.75) is 46.7 Å². The Labute approximate surface area is 219 Å². The number of methoxy groups -OCH3 is 1. The van der Waals surface area contributed by atoms with Gasteiger partial charge in [-0.05, 0) is 54.7 Å². The number of sulfonamides is 1. The van der Waals surface area contributed by atoms with Crippen LogP contribution in [0.15, 0.2) is 42.5 Å². The number of anilines is 1. The molecule has 2 rings (SSSR count). The van der Waals surface area contributed by atoms with Gasteiger partial charge in [-0.2, -0.15) is 0 Å². The molecular formula is C26H36ClN3O5S. The van der Waals surface area contributed by atoms with E-state index in [4.69, 9.17) is 16.3 Å². The Balaban J connectivity index is 2.48. The number of hydrogen-bond donors (Lipinski definition) is 1. The van der Waals surface area contributed by atoms with E-state index < -0.39 is 28.5 Å². The molecule has 0 aromatic heterocycles. The zero-order valence-corrected chi connectivity index (χ0v) is 23.3. The molecule has 198 valence electrons. The van der Waals surface area contributed by atoms with Gasteiger partial charge in [0.05, 0.1) is 19.1 Å². The molecule has 0 saturated heterocycles. The minimum Gasteiger partial charge on any atom is -0.497 e. The second-order valence-electron chi connectivity index (χ2n) is 9.14. The highest BCUT2D eigenvalue weighted by molar-refractivity contribution is 7.92. The predicted octanol–water partition coefficient (Wildman–Crippen LogP) is 4.00. The number of benzene rings is 2.